The van der Waals surface area contributed by atoms with Crippen LogP contribution in [0.1, 0.15) is 30.6 Å². The highest BCUT2D eigenvalue weighted by atomic mass is 16.5. The number of ether oxygens (including phenoxy) is 1. The molecule has 166 valence electrons. The highest BCUT2D eigenvalue weighted by Crippen LogP contribution is 2.29. The van der Waals surface area contributed by atoms with Gasteiger partial charge >= 0.3 is 0 Å². The lowest BCUT2D eigenvalue weighted by Gasteiger charge is -2.35. The topological polar surface area (TPSA) is 97.5 Å². The molecule has 2 aromatic carbocycles. The Kier molecular flexibility index (Phi) is 6.25. The van der Waals surface area contributed by atoms with Crippen molar-refractivity contribution in [1.29, 1.82) is 0 Å². The number of hydrogen-bond donors (Lipinski definition) is 2. The van der Waals surface area contributed by atoms with Gasteiger partial charge in [0.15, 0.2) is 6.61 Å². The van der Waals surface area contributed by atoms with E-state index in [2.05, 4.69) is 36.2 Å². The van der Waals surface area contributed by atoms with Crippen molar-refractivity contribution in [3.05, 3.63) is 60.2 Å². The van der Waals surface area contributed by atoms with Crippen LogP contribution < -0.4 is 20.7 Å². The average molecular weight is 433 g/mol. The second kappa shape index (κ2) is 9.26. The van der Waals surface area contributed by atoms with E-state index in [4.69, 9.17) is 15.5 Å². The van der Waals surface area contributed by atoms with Gasteiger partial charge in [-0.3, -0.25) is 9.59 Å². The Labute approximate surface area is 187 Å². The molecule has 1 aliphatic rings. The largest absolute Gasteiger partial charge is 0.481 e. The predicted molar refractivity (Wildman–Crippen MR) is 126 cm³/mol. The number of hydrogen-bond acceptors (Lipinski definition) is 5. The molecular formula is C25H28N4O3. The van der Waals surface area contributed by atoms with Gasteiger partial charge in [-0.1, -0.05) is 26.0 Å². The maximum absolute atomic E-state index is 12.4. The Balaban J connectivity index is 1.46. The van der Waals surface area contributed by atoms with Gasteiger partial charge in [-0.15, -0.1) is 0 Å². The lowest BCUT2D eigenvalue weighted by atomic mass is 9.92. The van der Waals surface area contributed by atoms with Crippen molar-refractivity contribution >= 4 is 34.2 Å². The number of nitrogens with two attached hydrogens (primary N) is 1. The van der Waals surface area contributed by atoms with Gasteiger partial charge in [-0.2, -0.15) is 0 Å². The Hall–Kier alpha value is -3.61. The number of pyridine rings is 1. The van der Waals surface area contributed by atoms with Crippen molar-refractivity contribution in [1.82, 2.24) is 4.98 Å². The molecule has 1 fully saturated rings. The molecule has 0 bridgehead atoms. The van der Waals surface area contributed by atoms with Crippen molar-refractivity contribution in [3.8, 4) is 5.75 Å². The van der Waals surface area contributed by atoms with Gasteiger partial charge in [-0.05, 0) is 60.7 Å². The number of fused-ring (bicyclic) bond motifs is 1. The molecule has 7 heteroatoms. The number of para-hydroxylation sites is 1. The number of nitrogens with zero attached hydrogens (tertiary/aromatic N) is 2. The summed E-state index contributed by atoms with van der Waals surface area (Å²) in [5, 5.41) is 3.72. The second-order valence-corrected chi connectivity index (χ2v) is 8.63. The quantitative estimate of drug-likeness (QED) is 0.617. The number of carbonyl (C=O) groups is 2. The van der Waals surface area contributed by atoms with Crippen LogP contribution in [0, 0.1) is 11.8 Å². The third-order valence-electron chi connectivity index (χ3n) is 5.67. The third kappa shape index (κ3) is 4.99. The molecule has 3 N–H and O–H groups in total. The van der Waals surface area contributed by atoms with Gasteiger partial charge in [0.05, 0.1) is 0 Å². The van der Waals surface area contributed by atoms with Gasteiger partial charge in [0, 0.05) is 29.7 Å². The maximum Gasteiger partial charge on any atom is 0.262 e. The summed E-state index contributed by atoms with van der Waals surface area (Å²) in [6.07, 6.45) is 1.23. The van der Waals surface area contributed by atoms with E-state index in [-0.39, 0.29) is 12.5 Å². The molecule has 2 unspecified atom stereocenters. The van der Waals surface area contributed by atoms with E-state index in [1.807, 2.05) is 18.2 Å². The van der Waals surface area contributed by atoms with Gasteiger partial charge < -0.3 is 20.7 Å². The Bertz CT molecular complexity index is 1120. The fourth-order valence-corrected chi connectivity index (χ4v) is 4.31. The number of primary amides is 1. The van der Waals surface area contributed by atoms with Crippen molar-refractivity contribution in [2.75, 3.05) is 29.9 Å². The van der Waals surface area contributed by atoms with E-state index in [1.54, 1.807) is 24.3 Å². The minimum Gasteiger partial charge on any atom is -0.481 e. The first-order chi connectivity index (χ1) is 15.4. The van der Waals surface area contributed by atoms with E-state index in [1.165, 1.54) is 6.42 Å². The number of benzene rings is 2. The van der Waals surface area contributed by atoms with Crippen molar-refractivity contribution in [2.24, 2.45) is 17.6 Å². The molecule has 0 saturated carbocycles. The van der Waals surface area contributed by atoms with Crippen LogP contribution in [0.4, 0.5) is 11.5 Å². The number of rotatable bonds is 6. The number of amides is 2. The van der Waals surface area contributed by atoms with Gasteiger partial charge in [0.25, 0.3) is 5.91 Å². The van der Waals surface area contributed by atoms with Gasteiger partial charge in [-0.25, -0.2) is 4.98 Å². The normalized spacial score (nSPS) is 18.4. The highest BCUT2D eigenvalue weighted by Gasteiger charge is 2.23. The van der Waals surface area contributed by atoms with E-state index >= 15 is 0 Å². The lowest BCUT2D eigenvalue weighted by molar-refractivity contribution is -0.118. The summed E-state index contributed by atoms with van der Waals surface area (Å²) in [5.74, 6) is 1.95. The first-order valence-corrected chi connectivity index (χ1v) is 10.9. The molecule has 2 amide bonds. The summed E-state index contributed by atoms with van der Waals surface area (Å²) < 4.78 is 5.83. The molecule has 4 rings (SSSR count). The molecule has 0 aliphatic carbocycles. The first kappa shape index (κ1) is 21.6. The minimum atomic E-state index is -0.512. The summed E-state index contributed by atoms with van der Waals surface area (Å²) in [4.78, 5) is 30.7. The first-order valence-electron chi connectivity index (χ1n) is 10.9. The zero-order valence-corrected chi connectivity index (χ0v) is 18.4. The number of aromatic nitrogens is 1. The molecule has 3 aromatic rings. The average Bonchev–Trinajstić information content (AvgIpc) is 2.77. The smallest absolute Gasteiger partial charge is 0.262 e. The maximum atomic E-state index is 12.4. The highest BCUT2D eigenvalue weighted by molar-refractivity contribution is 5.95. The van der Waals surface area contributed by atoms with Gasteiger partial charge in [0.1, 0.15) is 17.1 Å². The monoisotopic (exact) mass is 432 g/mol. The fourth-order valence-electron chi connectivity index (χ4n) is 4.31. The zero-order valence-electron chi connectivity index (χ0n) is 18.4. The third-order valence-corrected chi connectivity index (χ3v) is 5.67. The Morgan fingerprint density at radius 2 is 1.78 bits per heavy atom. The summed E-state index contributed by atoms with van der Waals surface area (Å²) in [6, 6.07) is 16.2. The van der Waals surface area contributed by atoms with Crippen LogP contribution in [0.25, 0.3) is 10.9 Å². The molecule has 0 spiro atoms. The molecule has 1 saturated heterocycles. The minimum absolute atomic E-state index is 0.152. The van der Waals surface area contributed by atoms with E-state index in [0.29, 0.717) is 28.8 Å². The SMILES string of the molecule is CC1CC(C)CN(c2ccc3cccc(OCC(=O)Nc4ccc(C(N)=O)cc4)c3n2)C1. The van der Waals surface area contributed by atoms with Crippen LogP contribution in [0.2, 0.25) is 0 Å². The van der Waals surface area contributed by atoms with Crippen molar-refractivity contribution in [3.63, 3.8) is 0 Å². The summed E-state index contributed by atoms with van der Waals surface area (Å²) in [5.41, 5.74) is 6.93. The lowest BCUT2D eigenvalue weighted by Crippen LogP contribution is -2.39. The molecule has 2 heterocycles. The van der Waals surface area contributed by atoms with Crippen LogP contribution in [-0.4, -0.2) is 36.5 Å². The van der Waals surface area contributed by atoms with Crippen LogP contribution in [0.3, 0.4) is 0 Å². The summed E-state index contributed by atoms with van der Waals surface area (Å²) in [7, 11) is 0. The molecule has 7 nitrogen and oxygen atoms in total. The van der Waals surface area contributed by atoms with E-state index < -0.39 is 5.91 Å². The fraction of sp³-hybridized carbons (Fsp3) is 0.320. The summed E-state index contributed by atoms with van der Waals surface area (Å²) >= 11 is 0. The Morgan fingerprint density at radius 3 is 2.47 bits per heavy atom. The van der Waals surface area contributed by atoms with Crippen molar-refractivity contribution in [2.45, 2.75) is 20.3 Å². The second-order valence-electron chi connectivity index (χ2n) is 8.63. The number of anilines is 2. The molecule has 1 aliphatic heterocycles. The molecule has 2 atom stereocenters. The number of nitrogens with one attached hydrogen (secondary N) is 1. The van der Waals surface area contributed by atoms with Crippen LogP contribution in [0.15, 0.2) is 54.6 Å². The standard InChI is InChI=1S/C25H28N4O3/c1-16-12-17(2)14-29(13-16)22-11-8-18-4-3-5-21(24(18)28-22)32-15-23(30)27-20-9-6-19(7-10-20)25(26)31/h3-11,16-17H,12-15H2,1-2H3,(H2,26,31)(H,27,30). The zero-order chi connectivity index (χ0) is 22.7. The summed E-state index contributed by atoms with van der Waals surface area (Å²) in [6.45, 7) is 6.38. The predicted octanol–water partition coefficient (Wildman–Crippen LogP) is 3.83. The number of carbonyl (C=O) groups excluding carboxylic acids is 2. The van der Waals surface area contributed by atoms with Crippen LogP contribution in [0.5, 0.6) is 5.75 Å². The molecular weight excluding hydrogens is 404 g/mol. The van der Waals surface area contributed by atoms with E-state index in [0.717, 1.165) is 29.8 Å². The van der Waals surface area contributed by atoms with E-state index in [9.17, 15) is 9.59 Å². The molecule has 32 heavy (non-hydrogen) atoms. The van der Waals surface area contributed by atoms with Gasteiger partial charge in [0.2, 0.25) is 5.91 Å². The molecule has 1 aromatic heterocycles. The van der Waals surface area contributed by atoms with Crippen LogP contribution >= 0.6 is 0 Å². The van der Waals surface area contributed by atoms with Crippen molar-refractivity contribution < 1.29 is 14.3 Å². The van der Waals surface area contributed by atoms with Crippen LogP contribution in [-0.2, 0) is 4.79 Å². The number of piperidine rings is 1. The molecule has 0 radical (unpaired) electrons. The Morgan fingerprint density at radius 1 is 1.06 bits per heavy atom.